The van der Waals surface area contributed by atoms with Crippen molar-refractivity contribution in [3.8, 4) is 12.3 Å². The van der Waals surface area contributed by atoms with E-state index in [-0.39, 0.29) is 13.4 Å². The van der Waals surface area contributed by atoms with Crippen LogP contribution in [0.25, 0.3) is 0 Å². The van der Waals surface area contributed by atoms with Gasteiger partial charge < -0.3 is 24.8 Å². The lowest BCUT2D eigenvalue weighted by Gasteiger charge is -2.35. The van der Waals surface area contributed by atoms with Crippen LogP contribution in [0.5, 0.6) is 0 Å². The average molecular weight is 325 g/mol. The van der Waals surface area contributed by atoms with E-state index in [1.165, 1.54) is 0 Å². The van der Waals surface area contributed by atoms with E-state index in [0.29, 0.717) is 29.5 Å². The predicted molar refractivity (Wildman–Crippen MR) is 82.8 cm³/mol. The lowest BCUT2D eigenvalue weighted by Crippen LogP contribution is -2.53. The van der Waals surface area contributed by atoms with Crippen molar-refractivity contribution in [2.45, 2.75) is 5.54 Å². The fourth-order valence-corrected chi connectivity index (χ4v) is 2.29. The molecule has 0 aromatic heterocycles. The van der Waals surface area contributed by atoms with Crippen molar-refractivity contribution in [2.24, 2.45) is 0 Å². The van der Waals surface area contributed by atoms with Crippen LogP contribution in [0.4, 0.5) is 10.5 Å². The van der Waals surface area contributed by atoms with Gasteiger partial charge in [0.1, 0.15) is 6.79 Å². The van der Waals surface area contributed by atoms with Gasteiger partial charge in [-0.3, -0.25) is 0 Å². The molecule has 0 saturated heterocycles. The highest BCUT2D eigenvalue weighted by Gasteiger charge is 2.38. The van der Waals surface area contributed by atoms with Crippen molar-refractivity contribution in [2.75, 3.05) is 39.0 Å². The van der Waals surface area contributed by atoms with Crippen LogP contribution >= 0.6 is 11.6 Å². The third-order valence-electron chi connectivity index (χ3n) is 3.18. The summed E-state index contributed by atoms with van der Waals surface area (Å²) in [5.41, 5.74) is 0.196. The first-order chi connectivity index (χ1) is 10.6. The van der Waals surface area contributed by atoms with Gasteiger partial charge >= 0.3 is 6.03 Å². The Kier molecular flexibility index (Phi) is 5.63. The molecular formula is C15H17ClN2O4. The van der Waals surface area contributed by atoms with Gasteiger partial charge in [0.15, 0.2) is 5.54 Å². The number of rotatable bonds is 7. The molecule has 1 aliphatic heterocycles. The number of hydrogen-bond acceptors (Lipinski definition) is 4. The van der Waals surface area contributed by atoms with E-state index < -0.39 is 11.6 Å². The molecule has 118 valence electrons. The first-order valence-electron chi connectivity index (χ1n) is 6.62. The molecule has 1 aromatic rings. The molecule has 0 radical (unpaired) electrons. The molecule has 1 aliphatic rings. The van der Waals surface area contributed by atoms with Crippen LogP contribution in [0.2, 0.25) is 5.02 Å². The molecule has 2 N–H and O–H groups in total. The van der Waals surface area contributed by atoms with Gasteiger partial charge in [-0.1, -0.05) is 17.5 Å². The Balaban J connectivity index is 2.10. The summed E-state index contributed by atoms with van der Waals surface area (Å²) in [5.74, 6) is 2.60. The maximum absolute atomic E-state index is 11.8. The average Bonchev–Trinajstić information content (AvgIpc) is 2.51. The minimum atomic E-state index is -1.09. The zero-order valence-electron chi connectivity index (χ0n) is 12.1. The molecule has 0 aliphatic carbocycles. The number of methoxy groups -OCH3 is 1. The molecule has 0 fully saturated rings. The molecule has 1 heterocycles. The van der Waals surface area contributed by atoms with Gasteiger partial charge in [-0.05, 0) is 18.2 Å². The number of anilines is 1. The quantitative estimate of drug-likeness (QED) is 0.457. The first-order valence-corrected chi connectivity index (χ1v) is 7.00. The largest absolute Gasteiger partial charge is 0.382 e. The molecular weight excluding hydrogens is 308 g/mol. The number of benzene rings is 1. The number of hydrogen-bond donors (Lipinski definition) is 2. The van der Waals surface area contributed by atoms with Crippen molar-refractivity contribution < 1.29 is 19.0 Å². The fourth-order valence-electron chi connectivity index (χ4n) is 2.12. The van der Waals surface area contributed by atoms with E-state index >= 15 is 0 Å². The van der Waals surface area contributed by atoms with Crippen LogP contribution in [0.1, 0.15) is 5.56 Å². The van der Waals surface area contributed by atoms with Crippen molar-refractivity contribution in [3.63, 3.8) is 0 Å². The van der Waals surface area contributed by atoms with Gasteiger partial charge in [-0.15, -0.1) is 6.42 Å². The van der Waals surface area contributed by atoms with Crippen molar-refractivity contribution >= 4 is 23.3 Å². The maximum Gasteiger partial charge on any atom is 0.320 e. The standard InChI is InChI=1S/C15H17ClN2O4/c1-3-15(9-22-10-21-7-6-20-2)12-8-11(16)4-5-13(12)17-14(19)18-15/h1,4-5,8H,6-7,9-10H2,2H3,(H2,17,18,19). The Morgan fingerprint density at radius 1 is 1.36 bits per heavy atom. The van der Waals surface area contributed by atoms with Gasteiger partial charge in [-0.25, -0.2) is 4.79 Å². The SMILES string of the molecule is C#CC1(COCOCCOC)NC(=O)Nc2ccc(Cl)cc21. The minimum Gasteiger partial charge on any atom is -0.382 e. The maximum atomic E-state index is 11.8. The number of carbonyl (C=O) groups is 1. The van der Waals surface area contributed by atoms with Crippen LogP contribution in [0, 0.1) is 12.3 Å². The summed E-state index contributed by atoms with van der Waals surface area (Å²) in [6.07, 6.45) is 5.65. The minimum absolute atomic E-state index is 0.0476. The summed E-state index contributed by atoms with van der Waals surface area (Å²) in [5, 5.41) is 5.92. The van der Waals surface area contributed by atoms with E-state index in [1.54, 1.807) is 25.3 Å². The Hall–Kier alpha value is -1.78. The molecule has 1 atom stereocenters. The van der Waals surface area contributed by atoms with Crippen molar-refractivity contribution in [1.29, 1.82) is 0 Å². The molecule has 0 bridgehead atoms. The summed E-state index contributed by atoms with van der Waals surface area (Å²) in [6.45, 7) is 1.00. The van der Waals surface area contributed by atoms with Crippen molar-refractivity contribution in [3.05, 3.63) is 28.8 Å². The summed E-state index contributed by atoms with van der Waals surface area (Å²) in [7, 11) is 1.59. The highest BCUT2D eigenvalue weighted by Crippen LogP contribution is 2.34. The number of amides is 2. The zero-order valence-corrected chi connectivity index (χ0v) is 12.9. The van der Waals surface area contributed by atoms with E-state index in [0.717, 1.165) is 0 Å². The topological polar surface area (TPSA) is 68.8 Å². The Morgan fingerprint density at radius 3 is 2.91 bits per heavy atom. The molecule has 0 spiro atoms. The molecule has 1 unspecified atom stereocenters. The Morgan fingerprint density at radius 2 is 2.18 bits per heavy atom. The second-order valence-corrected chi connectivity index (χ2v) is 5.12. The van der Waals surface area contributed by atoms with E-state index in [2.05, 4.69) is 16.6 Å². The number of terminal acetylenes is 1. The monoisotopic (exact) mass is 324 g/mol. The highest BCUT2D eigenvalue weighted by molar-refractivity contribution is 6.30. The van der Waals surface area contributed by atoms with E-state index in [4.69, 9.17) is 32.2 Å². The van der Waals surface area contributed by atoms with Crippen LogP contribution < -0.4 is 10.6 Å². The molecule has 22 heavy (non-hydrogen) atoms. The van der Waals surface area contributed by atoms with Gasteiger partial charge in [0.25, 0.3) is 0 Å². The van der Waals surface area contributed by atoms with E-state index in [9.17, 15) is 4.79 Å². The van der Waals surface area contributed by atoms with Crippen molar-refractivity contribution in [1.82, 2.24) is 5.32 Å². The summed E-state index contributed by atoms with van der Waals surface area (Å²) in [6, 6.07) is 4.70. The second kappa shape index (κ2) is 7.47. The van der Waals surface area contributed by atoms with Gasteiger partial charge in [0.05, 0.1) is 19.8 Å². The normalized spacial score (nSPS) is 19.8. The van der Waals surface area contributed by atoms with E-state index in [1.807, 2.05) is 0 Å². The lowest BCUT2D eigenvalue weighted by molar-refractivity contribution is -0.0761. The molecule has 2 amide bonds. The molecule has 0 saturated carbocycles. The third kappa shape index (κ3) is 3.70. The fraction of sp³-hybridized carbons (Fsp3) is 0.400. The summed E-state index contributed by atoms with van der Waals surface area (Å²) in [4.78, 5) is 11.8. The Labute approximate surface area is 134 Å². The molecule has 6 nitrogen and oxygen atoms in total. The van der Waals surface area contributed by atoms with Crippen LogP contribution in [0.15, 0.2) is 18.2 Å². The number of nitrogens with one attached hydrogen (secondary N) is 2. The summed E-state index contributed by atoms with van der Waals surface area (Å²) < 4.78 is 15.5. The van der Waals surface area contributed by atoms with Crippen LogP contribution in [-0.2, 0) is 19.7 Å². The highest BCUT2D eigenvalue weighted by atomic mass is 35.5. The number of fused-ring (bicyclic) bond motifs is 1. The zero-order chi connectivity index (χ0) is 16.0. The number of ether oxygens (including phenoxy) is 3. The summed E-state index contributed by atoms with van der Waals surface area (Å²) >= 11 is 6.03. The Bertz CT molecular complexity index is 587. The van der Waals surface area contributed by atoms with Gasteiger partial charge in [0.2, 0.25) is 0 Å². The molecule has 7 heteroatoms. The third-order valence-corrected chi connectivity index (χ3v) is 3.42. The smallest absolute Gasteiger partial charge is 0.320 e. The van der Waals surface area contributed by atoms with Crippen LogP contribution in [0.3, 0.4) is 0 Å². The second-order valence-electron chi connectivity index (χ2n) is 4.69. The first kappa shape index (κ1) is 16.6. The predicted octanol–water partition coefficient (Wildman–Crippen LogP) is 1.94. The molecule has 1 aromatic carbocycles. The van der Waals surface area contributed by atoms with Gasteiger partial charge in [0, 0.05) is 23.4 Å². The number of halogens is 1. The number of urea groups is 1. The van der Waals surface area contributed by atoms with Gasteiger partial charge in [-0.2, -0.15) is 0 Å². The number of carbonyl (C=O) groups excluding carboxylic acids is 1. The lowest BCUT2D eigenvalue weighted by atomic mass is 9.88. The molecule has 2 rings (SSSR count). The van der Waals surface area contributed by atoms with Crippen LogP contribution in [-0.4, -0.2) is 39.8 Å².